The van der Waals surface area contributed by atoms with Crippen molar-refractivity contribution in [2.45, 2.75) is 75.0 Å². The Morgan fingerprint density at radius 3 is 1.90 bits per heavy atom. The summed E-state index contributed by atoms with van der Waals surface area (Å²) in [6, 6.07) is 13.5. The molecule has 29 heavy (non-hydrogen) atoms. The summed E-state index contributed by atoms with van der Waals surface area (Å²) in [5.41, 5.74) is 0. The highest BCUT2D eigenvalue weighted by Gasteiger charge is 2.22. The highest BCUT2D eigenvalue weighted by atomic mass is 32.2. The molecule has 0 atom stereocenters. The van der Waals surface area contributed by atoms with E-state index in [1.54, 1.807) is 48.5 Å². The Kier molecular flexibility index (Phi) is 10.1. The predicted octanol–water partition coefficient (Wildman–Crippen LogP) is 6.44. The Hall–Kier alpha value is -2.01. The lowest BCUT2D eigenvalue weighted by Crippen LogP contribution is -2.07. The second kappa shape index (κ2) is 12.5. The standard InChI is InChI=1S/C24H34O4S/c1-3-5-7-11-19-27-21-15-17-22(18-16-21)29(25,26)24-14-10-9-13-23(24)28-20-12-8-6-4-2/h9-10,13-18H,3-8,11-12,19-20H2,1-2H3. The van der Waals surface area contributed by atoms with Crippen LogP contribution in [0.25, 0.3) is 0 Å². The van der Waals surface area contributed by atoms with Gasteiger partial charge in [0.1, 0.15) is 16.4 Å². The average Bonchev–Trinajstić information content (AvgIpc) is 2.74. The van der Waals surface area contributed by atoms with Crippen LogP contribution in [0.1, 0.15) is 65.2 Å². The number of sulfone groups is 1. The number of unbranched alkanes of at least 4 members (excludes halogenated alkanes) is 6. The van der Waals surface area contributed by atoms with E-state index in [2.05, 4.69) is 13.8 Å². The van der Waals surface area contributed by atoms with Crippen LogP contribution < -0.4 is 9.47 Å². The van der Waals surface area contributed by atoms with Gasteiger partial charge in [0, 0.05) is 0 Å². The smallest absolute Gasteiger partial charge is 0.210 e. The lowest BCUT2D eigenvalue weighted by atomic mass is 10.2. The van der Waals surface area contributed by atoms with Gasteiger partial charge in [-0.05, 0) is 49.2 Å². The monoisotopic (exact) mass is 418 g/mol. The zero-order chi connectivity index (χ0) is 21.0. The van der Waals surface area contributed by atoms with Crippen LogP contribution in [0.3, 0.4) is 0 Å². The van der Waals surface area contributed by atoms with E-state index in [1.807, 2.05) is 0 Å². The van der Waals surface area contributed by atoms with Gasteiger partial charge in [-0.3, -0.25) is 0 Å². The van der Waals surface area contributed by atoms with E-state index in [0.29, 0.717) is 24.7 Å². The second-order valence-corrected chi connectivity index (χ2v) is 9.16. The summed E-state index contributed by atoms with van der Waals surface area (Å²) in [4.78, 5) is 0.460. The zero-order valence-corrected chi connectivity index (χ0v) is 18.5. The van der Waals surface area contributed by atoms with Crippen LogP contribution in [-0.2, 0) is 9.84 Å². The number of benzene rings is 2. The van der Waals surface area contributed by atoms with Crippen molar-refractivity contribution < 1.29 is 17.9 Å². The fourth-order valence-corrected chi connectivity index (χ4v) is 4.46. The molecule has 5 heteroatoms. The summed E-state index contributed by atoms with van der Waals surface area (Å²) >= 11 is 0. The van der Waals surface area contributed by atoms with Crippen LogP contribution in [-0.4, -0.2) is 21.6 Å². The Labute approximate surface area is 176 Å². The highest BCUT2D eigenvalue weighted by Crippen LogP contribution is 2.30. The zero-order valence-electron chi connectivity index (χ0n) is 17.7. The molecule has 0 aliphatic heterocycles. The van der Waals surface area contributed by atoms with E-state index in [4.69, 9.17) is 9.47 Å². The van der Waals surface area contributed by atoms with E-state index in [9.17, 15) is 8.42 Å². The van der Waals surface area contributed by atoms with Crippen LogP contribution >= 0.6 is 0 Å². The van der Waals surface area contributed by atoms with Crippen molar-refractivity contribution in [1.29, 1.82) is 0 Å². The summed E-state index contributed by atoms with van der Waals surface area (Å²) in [5, 5.41) is 0. The van der Waals surface area contributed by atoms with Crippen LogP contribution in [0, 0.1) is 0 Å². The van der Waals surface area contributed by atoms with Crippen LogP contribution in [0.2, 0.25) is 0 Å². The van der Waals surface area contributed by atoms with Crippen molar-refractivity contribution in [3.05, 3.63) is 48.5 Å². The van der Waals surface area contributed by atoms with E-state index >= 15 is 0 Å². The Morgan fingerprint density at radius 2 is 1.28 bits per heavy atom. The molecule has 0 saturated heterocycles. The molecule has 0 spiro atoms. The maximum atomic E-state index is 13.1. The van der Waals surface area contributed by atoms with Gasteiger partial charge in [-0.1, -0.05) is 64.5 Å². The molecule has 0 aromatic heterocycles. The van der Waals surface area contributed by atoms with Crippen molar-refractivity contribution in [2.75, 3.05) is 13.2 Å². The number of hydrogen-bond donors (Lipinski definition) is 0. The van der Waals surface area contributed by atoms with Gasteiger partial charge < -0.3 is 9.47 Å². The highest BCUT2D eigenvalue weighted by molar-refractivity contribution is 7.91. The van der Waals surface area contributed by atoms with Gasteiger partial charge in [0.15, 0.2) is 0 Å². The first kappa shape index (κ1) is 23.3. The molecule has 0 fully saturated rings. The number of hydrogen-bond acceptors (Lipinski definition) is 4. The first-order valence-electron chi connectivity index (χ1n) is 10.8. The fourth-order valence-electron chi connectivity index (χ4n) is 3.06. The third-order valence-corrected chi connectivity index (χ3v) is 6.60. The minimum atomic E-state index is -3.65. The molecule has 4 nitrogen and oxygen atoms in total. The molecule has 2 rings (SSSR count). The number of para-hydroxylation sites is 1. The first-order valence-corrected chi connectivity index (χ1v) is 12.3. The molecule has 160 valence electrons. The van der Waals surface area contributed by atoms with Crippen molar-refractivity contribution in [1.82, 2.24) is 0 Å². The molecule has 0 N–H and O–H groups in total. The van der Waals surface area contributed by atoms with Crippen molar-refractivity contribution in [2.24, 2.45) is 0 Å². The average molecular weight is 419 g/mol. The Bertz CT molecular complexity index is 813. The topological polar surface area (TPSA) is 52.6 Å². The third-order valence-electron chi connectivity index (χ3n) is 4.79. The first-order chi connectivity index (χ1) is 14.1. The quantitative estimate of drug-likeness (QED) is 0.331. The predicted molar refractivity (Wildman–Crippen MR) is 118 cm³/mol. The van der Waals surface area contributed by atoms with E-state index in [1.165, 1.54) is 12.8 Å². The number of rotatable bonds is 14. The Morgan fingerprint density at radius 1 is 0.690 bits per heavy atom. The maximum Gasteiger partial charge on any atom is 0.210 e. The molecule has 2 aromatic carbocycles. The fraction of sp³-hybridized carbons (Fsp3) is 0.500. The second-order valence-electron chi connectivity index (χ2n) is 7.24. The molecule has 0 bridgehead atoms. The van der Waals surface area contributed by atoms with Gasteiger partial charge >= 0.3 is 0 Å². The van der Waals surface area contributed by atoms with Gasteiger partial charge in [-0.2, -0.15) is 0 Å². The van der Waals surface area contributed by atoms with Gasteiger partial charge in [-0.25, -0.2) is 8.42 Å². The normalized spacial score (nSPS) is 11.4. The van der Waals surface area contributed by atoms with E-state index in [0.717, 1.165) is 38.5 Å². The molecule has 0 amide bonds. The molecule has 0 heterocycles. The molecule has 0 saturated carbocycles. The third kappa shape index (κ3) is 7.39. The summed E-state index contributed by atoms with van der Waals surface area (Å²) < 4.78 is 37.7. The summed E-state index contributed by atoms with van der Waals surface area (Å²) in [7, 11) is -3.65. The van der Waals surface area contributed by atoms with Gasteiger partial charge in [0.2, 0.25) is 9.84 Å². The van der Waals surface area contributed by atoms with Crippen LogP contribution in [0.15, 0.2) is 58.3 Å². The minimum Gasteiger partial charge on any atom is -0.494 e. The molecule has 0 aliphatic carbocycles. The largest absolute Gasteiger partial charge is 0.494 e. The van der Waals surface area contributed by atoms with Crippen LogP contribution in [0.4, 0.5) is 0 Å². The van der Waals surface area contributed by atoms with Gasteiger partial charge in [0.05, 0.1) is 18.1 Å². The summed E-state index contributed by atoms with van der Waals surface area (Å²) in [6.45, 7) is 5.51. The van der Waals surface area contributed by atoms with Gasteiger partial charge in [0.25, 0.3) is 0 Å². The molecular formula is C24H34O4S. The lowest BCUT2D eigenvalue weighted by Gasteiger charge is -2.12. The Balaban J connectivity index is 2.02. The van der Waals surface area contributed by atoms with E-state index < -0.39 is 9.84 Å². The van der Waals surface area contributed by atoms with Crippen LogP contribution in [0.5, 0.6) is 11.5 Å². The van der Waals surface area contributed by atoms with E-state index in [-0.39, 0.29) is 9.79 Å². The molecule has 2 aromatic rings. The maximum absolute atomic E-state index is 13.1. The van der Waals surface area contributed by atoms with Crippen molar-refractivity contribution in [3.63, 3.8) is 0 Å². The summed E-state index contributed by atoms with van der Waals surface area (Å²) in [5.74, 6) is 1.11. The molecule has 0 radical (unpaired) electrons. The van der Waals surface area contributed by atoms with Crippen molar-refractivity contribution in [3.8, 4) is 11.5 Å². The minimum absolute atomic E-state index is 0.212. The molecular weight excluding hydrogens is 384 g/mol. The number of ether oxygens (including phenoxy) is 2. The molecule has 0 unspecified atom stereocenters. The lowest BCUT2D eigenvalue weighted by molar-refractivity contribution is 0.297. The SMILES string of the molecule is CCCCCCOc1ccc(S(=O)(=O)c2ccccc2OCCCCCC)cc1. The van der Waals surface area contributed by atoms with Crippen molar-refractivity contribution >= 4 is 9.84 Å². The summed E-state index contributed by atoms with van der Waals surface area (Å²) in [6.07, 6.45) is 8.89. The molecule has 0 aliphatic rings. The van der Waals surface area contributed by atoms with Gasteiger partial charge in [-0.15, -0.1) is 0 Å².